The number of likely N-dealkylation sites (tertiary alicyclic amines) is 1. The zero-order valence-electron chi connectivity index (χ0n) is 11.7. The van der Waals surface area contributed by atoms with Gasteiger partial charge in [-0.1, -0.05) is 13.8 Å². The molecule has 0 aromatic carbocycles. The molecule has 18 heavy (non-hydrogen) atoms. The molecule has 1 saturated heterocycles. The van der Waals surface area contributed by atoms with E-state index in [0.717, 1.165) is 25.8 Å². The average Bonchev–Trinajstić information content (AvgIpc) is 2.79. The molecule has 1 atom stereocenters. The van der Waals surface area contributed by atoms with Crippen molar-refractivity contribution in [2.45, 2.75) is 57.5 Å². The van der Waals surface area contributed by atoms with Crippen molar-refractivity contribution in [2.24, 2.45) is 11.7 Å². The lowest BCUT2D eigenvalue weighted by Gasteiger charge is -2.38. The van der Waals surface area contributed by atoms with Gasteiger partial charge in [0, 0.05) is 12.6 Å². The highest BCUT2D eigenvalue weighted by molar-refractivity contribution is 5.87. The van der Waals surface area contributed by atoms with Crippen LogP contribution in [0.15, 0.2) is 0 Å². The van der Waals surface area contributed by atoms with Crippen molar-refractivity contribution in [1.29, 1.82) is 0 Å². The normalized spacial score (nSPS) is 24.9. The van der Waals surface area contributed by atoms with E-state index in [1.54, 1.807) is 0 Å². The van der Waals surface area contributed by atoms with E-state index in [1.807, 2.05) is 0 Å². The molecule has 2 rings (SSSR count). The van der Waals surface area contributed by atoms with E-state index in [9.17, 15) is 4.79 Å². The number of nitrogens with two attached hydrogens (primary N) is 1. The molecule has 0 bridgehead atoms. The standard InChI is InChI=1S/C14H27N3O/c1-11(2)12(17-8-3-4-9-17)10-16-13(18)14(15)6-5-7-14/h11-12H,3-10,15H2,1-2H3,(H,16,18). The van der Waals surface area contributed by atoms with Crippen LogP contribution in [0.25, 0.3) is 0 Å². The summed E-state index contributed by atoms with van der Waals surface area (Å²) in [5, 5.41) is 3.08. The second-order valence-electron chi connectivity index (χ2n) is 6.27. The highest BCUT2D eigenvalue weighted by Gasteiger charge is 2.40. The monoisotopic (exact) mass is 253 g/mol. The lowest BCUT2D eigenvalue weighted by molar-refractivity contribution is -0.129. The van der Waals surface area contributed by atoms with Gasteiger partial charge in [0.1, 0.15) is 0 Å². The highest BCUT2D eigenvalue weighted by Crippen LogP contribution is 2.29. The smallest absolute Gasteiger partial charge is 0.240 e. The molecule has 4 nitrogen and oxygen atoms in total. The fourth-order valence-corrected chi connectivity index (χ4v) is 3.02. The minimum Gasteiger partial charge on any atom is -0.353 e. The maximum Gasteiger partial charge on any atom is 0.240 e. The Bertz CT molecular complexity index is 293. The van der Waals surface area contributed by atoms with Crippen molar-refractivity contribution in [3.63, 3.8) is 0 Å². The van der Waals surface area contributed by atoms with E-state index in [2.05, 4.69) is 24.1 Å². The van der Waals surface area contributed by atoms with Gasteiger partial charge in [-0.3, -0.25) is 9.69 Å². The second-order valence-corrected chi connectivity index (χ2v) is 6.27. The van der Waals surface area contributed by atoms with Crippen molar-refractivity contribution >= 4 is 5.91 Å². The fourth-order valence-electron chi connectivity index (χ4n) is 3.02. The molecule has 104 valence electrons. The maximum absolute atomic E-state index is 12.0. The van der Waals surface area contributed by atoms with Gasteiger partial charge < -0.3 is 11.1 Å². The van der Waals surface area contributed by atoms with Crippen molar-refractivity contribution < 1.29 is 4.79 Å². The molecule has 1 heterocycles. The van der Waals surface area contributed by atoms with Gasteiger partial charge in [-0.15, -0.1) is 0 Å². The number of hydrogen-bond donors (Lipinski definition) is 2. The van der Waals surface area contributed by atoms with Gasteiger partial charge in [0.25, 0.3) is 0 Å². The van der Waals surface area contributed by atoms with Crippen molar-refractivity contribution in [3.05, 3.63) is 0 Å². The van der Waals surface area contributed by atoms with Crippen molar-refractivity contribution in [2.75, 3.05) is 19.6 Å². The molecule has 0 spiro atoms. The number of rotatable bonds is 5. The molecule has 2 aliphatic rings. The Morgan fingerprint density at radius 3 is 2.33 bits per heavy atom. The predicted molar refractivity (Wildman–Crippen MR) is 73.2 cm³/mol. The van der Waals surface area contributed by atoms with Gasteiger partial charge in [0.2, 0.25) is 5.91 Å². The Kier molecular flexibility index (Phi) is 4.28. The topological polar surface area (TPSA) is 58.4 Å². The van der Waals surface area contributed by atoms with Crippen LogP contribution in [-0.4, -0.2) is 42.0 Å². The Balaban J connectivity index is 1.83. The minimum absolute atomic E-state index is 0.0543. The number of amides is 1. The van der Waals surface area contributed by atoms with Crippen LogP contribution in [0, 0.1) is 5.92 Å². The van der Waals surface area contributed by atoms with Crippen LogP contribution in [0.4, 0.5) is 0 Å². The quantitative estimate of drug-likeness (QED) is 0.771. The summed E-state index contributed by atoms with van der Waals surface area (Å²) in [4.78, 5) is 14.5. The first-order chi connectivity index (χ1) is 8.53. The van der Waals surface area contributed by atoms with Crippen LogP contribution in [0.5, 0.6) is 0 Å². The predicted octanol–water partition coefficient (Wildman–Crippen LogP) is 1.10. The summed E-state index contributed by atoms with van der Waals surface area (Å²) >= 11 is 0. The van der Waals surface area contributed by atoms with E-state index in [-0.39, 0.29) is 5.91 Å². The van der Waals surface area contributed by atoms with Crippen LogP contribution >= 0.6 is 0 Å². The number of carbonyl (C=O) groups is 1. The first kappa shape index (κ1) is 13.8. The third-order valence-corrected chi connectivity index (χ3v) is 4.55. The number of nitrogens with zero attached hydrogens (tertiary/aromatic N) is 1. The Morgan fingerprint density at radius 1 is 1.28 bits per heavy atom. The van der Waals surface area contributed by atoms with Gasteiger partial charge >= 0.3 is 0 Å². The lowest BCUT2D eigenvalue weighted by Crippen LogP contribution is -2.60. The van der Waals surface area contributed by atoms with Crippen LogP contribution in [0.3, 0.4) is 0 Å². The first-order valence-corrected chi connectivity index (χ1v) is 7.34. The molecule has 1 amide bonds. The van der Waals surface area contributed by atoms with Gasteiger partial charge in [0.15, 0.2) is 0 Å². The van der Waals surface area contributed by atoms with Crippen LogP contribution < -0.4 is 11.1 Å². The largest absolute Gasteiger partial charge is 0.353 e. The molecule has 0 radical (unpaired) electrons. The van der Waals surface area contributed by atoms with Gasteiger partial charge in [-0.25, -0.2) is 0 Å². The molecular formula is C14H27N3O. The molecule has 1 unspecified atom stereocenters. The number of carbonyl (C=O) groups excluding carboxylic acids is 1. The SMILES string of the molecule is CC(C)C(CNC(=O)C1(N)CCC1)N1CCCC1. The zero-order chi connectivity index (χ0) is 13.2. The summed E-state index contributed by atoms with van der Waals surface area (Å²) in [6.45, 7) is 7.56. The Labute approximate surface area is 110 Å². The van der Waals surface area contributed by atoms with Crippen LogP contribution in [-0.2, 0) is 4.79 Å². The minimum atomic E-state index is -0.563. The zero-order valence-corrected chi connectivity index (χ0v) is 11.7. The van der Waals surface area contributed by atoms with Gasteiger partial charge in [-0.05, 0) is 51.1 Å². The molecule has 3 N–H and O–H groups in total. The fraction of sp³-hybridized carbons (Fsp3) is 0.929. The van der Waals surface area contributed by atoms with E-state index >= 15 is 0 Å². The Morgan fingerprint density at radius 2 is 1.89 bits per heavy atom. The summed E-state index contributed by atoms with van der Waals surface area (Å²) in [7, 11) is 0. The molecule has 2 fully saturated rings. The Hall–Kier alpha value is -0.610. The van der Waals surface area contributed by atoms with Crippen molar-refractivity contribution in [3.8, 4) is 0 Å². The number of hydrogen-bond acceptors (Lipinski definition) is 3. The lowest BCUT2D eigenvalue weighted by atomic mass is 9.77. The van der Waals surface area contributed by atoms with Gasteiger partial charge in [-0.2, -0.15) is 0 Å². The molecule has 0 aromatic rings. The van der Waals surface area contributed by atoms with E-state index < -0.39 is 5.54 Å². The third kappa shape index (κ3) is 2.86. The molecule has 1 aliphatic carbocycles. The maximum atomic E-state index is 12.0. The molecule has 1 aliphatic heterocycles. The van der Waals surface area contributed by atoms with Crippen LogP contribution in [0.1, 0.15) is 46.0 Å². The third-order valence-electron chi connectivity index (χ3n) is 4.55. The van der Waals surface area contributed by atoms with Gasteiger partial charge in [0.05, 0.1) is 5.54 Å². The molecule has 4 heteroatoms. The first-order valence-electron chi connectivity index (χ1n) is 7.34. The summed E-state index contributed by atoms with van der Waals surface area (Å²) in [5.74, 6) is 0.622. The summed E-state index contributed by atoms with van der Waals surface area (Å²) in [5.41, 5.74) is 5.47. The van der Waals surface area contributed by atoms with Crippen LogP contribution in [0.2, 0.25) is 0 Å². The second kappa shape index (κ2) is 5.57. The van der Waals surface area contributed by atoms with E-state index in [0.29, 0.717) is 12.0 Å². The van der Waals surface area contributed by atoms with E-state index in [1.165, 1.54) is 25.9 Å². The summed E-state index contributed by atoms with van der Waals surface area (Å²) in [6.07, 6.45) is 5.35. The average molecular weight is 253 g/mol. The molecular weight excluding hydrogens is 226 g/mol. The van der Waals surface area contributed by atoms with E-state index in [4.69, 9.17) is 5.73 Å². The number of nitrogens with one attached hydrogen (secondary N) is 1. The highest BCUT2D eigenvalue weighted by atomic mass is 16.2. The molecule has 1 saturated carbocycles. The molecule has 0 aromatic heterocycles. The van der Waals surface area contributed by atoms with Crippen molar-refractivity contribution in [1.82, 2.24) is 10.2 Å². The summed E-state index contributed by atoms with van der Waals surface area (Å²) < 4.78 is 0. The summed E-state index contributed by atoms with van der Waals surface area (Å²) in [6, 6.07) is 0.458.